The summed E-state index contributed by atoms with van der Waals surface area (Å²) in [5, 5.41) is 9.15. The molecule has 3 rings (SSSR count). The van der Waals surface area contributed by atoms with Crippen LogP contribution in [0.25, 0.3) is 6.08 Å². The molecule has 0 unspecified atom stereocenters. The van der Waals surface area contributed by atoms with Gasteiger partial charge in [-0.05, 0) is 30.2 Å². The number of carboxylic acid groups (broad SMARTS) is 1. The lowest BCUT2D eigenvalue weighted by atomic mass is 10.1. The number of hydrogen-bond donors (Lipinski definition) is 1. The van der Waals surface area contributed by atoms with Gasteiger partial charge in [0.15, 0.2) is 11.5 Å². The zero-order valence-electron chi connectivity index (χ0n) is 13.7. The van der Waals surface area contributed by atoms with Crippen LogP contribution < -0.4 is 9.47 Å². The van der Waals surface area contributed by atoms with Crippen LogP contribution in [-0.4, -0.2) is 46.0 Å². The number of amides is 1. The van der Waals surface area contributed by atoms with Gasteiger partial charge in [-0.3, -0.25) is 14.5 Å². The van der Waals surface area contributed by atoms with Crippen LogP contribution in [0.15, 0.2) is 17.0 Å². The quantitative estimate of drug-likeness (QED) is 0.584. The standard InChI is InChI=1S/C17H16ClNO5S2/c18-11-7-10(8-12-15(11)24-6-2-5-23-12)9-13-16(22)19(17(25)26-13)4-1-3-14(20)21/h7-9H,1-6H2,(H,20,21)/b13-9+. The van der Waals surface area contributed by atoms with Crippen molar-refractivity contribution in [1.29, 1.82) is 0 Å². The lowest BCUT2D eigenvalue weighted by Gasteiger charge is -2.13. The normalized spacial score (nSPS) is 18.3. The predicted molar refractivity (Wildman–Crippen MR) is 104 cm³/mol. The largest absolute Gasteiger partial charge is 0.489 e. The van der Waals surface area contributed by atoms with E-state index in [0.717, 1.165) is 6.42 Å². The van der Waals surface area contributed by atoms with Gasteiger partial charge in [-0.25, -0.2) is 0 Å². The van der Waals surface area contributed by atoms with Crippen molar-refractivity contribution >= 4 is 57.9 Å². The molecular weight excluding hydrogens is 398 g/mol. The molecule has 1 amide bonds. The first-order chi connectivity index (χ1) is 12.5. The second-order valence-electron chi connectivity index (χ2n) is 5.71. The highest BCUT2D eigenvalue weighted by molar-refractivity contribution is 8.26. The summed E-state index contributed by atoms with van der Waals surface area (Å²) < 4.78 is 11.7. The molecule has 6 nitrogen and oxygen atoms in total. The number of aliphatic carboxylic acids is 1. The number of carbonyl (C=O) groups is 2. The second kappa shape index (κ2) is 8.28. The number of carboxylic acids is 1. The topological polar surface area (TPSA) is 76.1 Å². The maximum Gasteiger partial charge on any atom is 0.303 e. The fraction of sp³-hybridized carbons (Fsp3) is 0.353. The van der Waals surface area contributed by atoms with E-state index in [-0.39, 0.29) is 18.9 Å². The van der Waals surface area contributed by atoms with E-state index >= 15 is 0 Å². The molecule has 2 aliphatic heterocycles. The highest BCUT2D eigenvalue weighted by Gasteiger charge is 2.31. The van der Waals surface area contributed by atoms with E-state index in [9.17, 15) is 9.59 Å². The minimum absolute atomic E-state index is 0.00607. The molecule has 9 heteroatoms. The molecule has 0 saturated carbocycles. The van der Waals surface area contributed by atoms with Crippen molar-refractivity contribution in [3.8, 4) is 11.5 Å². The Hall–Kier alpha value is -1.77. The number of halogens is 1. The summed E-state index contributed by atoms with van der Waals surface area (Å²) in [7, 11) is 0. The number of ether oxygens (including phenoxy) is 2. The van der Waals surface area contributed by atoms with Crippen molar-refractivity contribution < 1.29 is 24.2 Å². The van der Waals surface area contributed by atoms with Gasteiger partial charge in [0.2, 0.25) is 0 Å². The van der Waals surface area contributed by atoms with Gasteiger partial charge in [0.1, 0.15) is 4.32 Å². The number of nitrogens with zero attached hydrogens (tertiary/aromatic N) is 1. The number of benzene rings is 1. The summed E-state index contributed by atoms with van der Waals surface area (Å²) in [6.07, 6.45) is 2.82. The Morgan fingerprint density at radius 2 is 2.15 bits per heavy atom. The molecule has 26 heavy (non-hydrogen) atoms. The summed E-state index contributed by atoms with van der Waals surface area (Å²) in [5.41, 5.74) is 0.713. The third-order valence-corrected chi connectivity index (χ3v) is 5.43. The smallest absolute Gasteiger partial charge is 0.303 e. The van der Waals surface area contributed by atoms with E-state index in [4.69, 9.17) is 38.4 Å². The number of thiocarbonyl (C=S) groups is 1. The summed E-state index contributed by atoms with van der Waals surface area (Å²) in [6.45, 7) is 1.37. The third kappa shape index (κ3) is 4.31. The molecule has 138 valence electrons. The molecule has 0 bridgehead atoms. The van der Waals surface area contributed by atoms with E-state index in [0.29, 0.717) is 50.9 Å². The molecule has 0 spiro atoms. The molecule has 2 aliphatic rings. The summed E-state index contributed by atoms with van der Waals surface area (Å²) in [6, 6.07) is 3.50. The number of hydrogen-bond acceptors (Lipinski definition) is 6. The van der Waals surface area contributed by atoms with Crippen LogP contribution in [0.2, 0.25) is 5.02 Å². The fourth-order valence-corrected chi connectivity index (χ4v) is 4.15. The Labute approximate surface area is 165 Å². The van der Waals surface area contributed by atoms with Gasteiger partial charge in [-0.1, -0.05) is 35.6 Å². The first-order valence-corrected chi connectivity index (χ1v) is 9.62. The van der Waals surface area contributed by atoms with Gasteiger partial charge in [0, 0.05) is 19.4 Å². The molecular formula is C17H16ClNO5S2. The first kappa shape index (κ1) is 19.0. The molecule has 0 aromatic heterocycles. The minimum Gasteiger partial charge on any atom is -0.489 e. The molecule has 0 atom stereocenters. The number of thioether (sulfide) groups is 1. The number of fused-ring (bicyclic) bond motifs is 1. The molecule has 1 N–H and O–H groups in total. The molecule has 1 fully saturated rings. The van der Waals surface area contributed by atoms with Gasteiger partial charge in [0.25, 0.3) is 5.91 Å². The predicted octanol–water partition coefficient (Wildman–Crippen LogP) is 3.57. The highest BCUT2D eigenvalue weighted by atomic mass is 35.5. The molecule has 1 aromatic carbocycles. The van der Waals surface area contributed by atoms with E-state index in [2.05, 4.69) is 0 Å². The van der Waals surface area contributed by atoms with Crippen molar-refractivity contribution in [3.05, 3.63) is 27.6 Å². The molecule has 0 aliphatic carbocycles. The fourth-order valence-electron chi connectivity index (χ4n) is 2.57. The first-order valence-electron chi connectivity index (χ1n) is 8.02. The Bertz CT molecular complexity index is 796. The Morgan fingerprint density at radius 3 is 2.92 bits per heavy atom. The lowest BCUT2D eigenvalue weighted by Crippen LogP contribution is -2.29. The van der Waals surface area contributed by atoms with E-state index in [1.54, 1.807) is 18.2 Å². The highest BCUT2D eigenvalue weighted by Crippen LogP contribution is 2.40. The Morgan fingerprint density at radius 1 is 1.38 bits per heavy atom. The van der Waals surface area contributed by atoms with Crippen molar-refractivity contribution in [3.63, 3.8) is 0 Å². The summed E-state index contributed by atoms with van der Waals surface area (Å²) >= 11 is 12.7. The van der Waals surface area contributed by atoms with Gasteiger partial charge < -0.3 is 14.6 Å². The minimum atomic E-state index is -0.896. The third-order valence-electron chi connectivity index (χ3n) is 3.77. The van der Waals surface area contributed by atoms with Gasteiger partial charge >= 0.3 is 5.97 Å². The maximum absolute atomic E-state index is 12.5. The van der Waals surface area contributed by atoms with Crippen LogP contribution in [-0.2, 0) is 9.59 Å². The van der Waals surface area contributed by atoms with E-state index < -0.39 is 5.97 Å². The van der Waals surface area contributed by atoms with Gasteiger partial charge in [0.05, 0.1) is 23.1 Å². The second-order valence-corrected chi connectivity index (χ2v) is 7.79. The van der Waals surface area contributed by atoms with Crippen LogP contribution in [0.3, 0.4) is 0 Å². The van der Waals surface area contributed by atoms with Crippen molar-refractivity contribution in [1.82, 2.24) is 4.90 Å². The van der Waals surface area contributed by atoms with Crippen molar-refractivity contribution in [2.45, 2.75) is 19.3 Å². The number of carbonyl (C=O) groups excluding carboxylic acids is 1. The molecule has 1 saturated heterocycles. The monoisotopic (exact) mass is 413 g/mol. The zero-order chi connectivity index (χ0) is 18.7. The van der Waals surface area contributed by atoms with Crippen LogP contribution in [0.5, 0.6) is 11.5 Å². The van der Waals surface area contributed by atoms with E-state index in [1.807, 2.05) is 0 Å². The van der Waals surface area contributed by atoms with E-state index in [1.165, 1.54) is 16.7 Å². The van der Waals surface area contributed by atoms with Crippen LogP contribution in [0.1, 0.15) is 24.8 Å². The average Bonchev–Trinajstić information content (AvgIpc) is 2.77. The van der Waals surface area contributed by atoms with Crippen LogP contribution in [0, 0.1) is 0 Å². The average molecular weight is 414 g/mol. The molecule has 1 aromatic rings. The van der Waals surface area contributed by atoms with Crippen LogP contribution >= 0.6 is 35.6 Å². The van der Waals surface area contributed by atoms with Crippen molar-refractivity contribution in [2.24, 2.45) is 0 Å². The van der Waals surface area contributed by atoms with Crippen LogP contribution in [0.4, 0.5) is 0 Å². The summed E-state index contributed by atoms with van der Waals surface area (Å²) in [4.78, 5) is 25.1. The van der Waals surface area contributed by atoms with Crippen molar-refractivity contribution in [2.75, 3.05) is 19.8 Å². The zero-order valence-corrected chi connectivity index (χ0v) is 16.1. The SMILES string of the molecule is O=C(O)CCCN1C(=O)/C(=C\c2cc(Cl)c3c(c2)OCCCO3)SC1=S. The lowest BCUT2D eigenvalue weighted by molar-refractivity contribution is -0.137. The molecule has 0 radical (unpaired) electrons. The number of rotatable bonds is 5. The Balaban J connectivity index is 1.79. The Kier molecular flexibility index (Phi) is 6.05. The summed E-state index contributed by atoms with van der Waals surface area (Å²) in [5.74, 6) is -0.0535. The maximum atomic E-state index is 12.5. The van der Waals surface area contributed by atoms with Gasteiger partial charge in [-0.15, -0.1) is 0 Å². The molecule has 2 heterocycles. The van der Waals surface area contributed by atoms with Gasteiger partial charge in [-0.2, -0.15) is 0 Å².